The van der Waals surface area contributed by atoms with Crippen LogP contribution in [-0.2, 0) is 14.9 Å². The van der Waals surface area contributed by atoms with E-state index in [1.165, 1.54) is 5.56 Å². The number of amides is 1. The molecule has 1 N–H and O–H groups in total. The number of para-hydroxylation sites is 1. The molecule has 5 heteroatoms. The van der Waals surface area contributed by atoms with Crippen molar-refractivity contribution in [2.24, 2.45) is 0 Å². The molecule has 1 amide bonds. The number of nitrogens with one attached hydrogen (secondary N) is 1. The molecule has 0 aromatic heterocycles. The molecule has 1 saturated heterocycles. The lowest BCUT2D eigenvalue weighted by Gasteiger charge is -2.38. The fourth-order valence-corrected chi connectivity index (χ4v) is 3.34. The van der Waals surface area contributed by atoms with E-state index in [1.807, 2.05) is 30.3 Å². The summed E-state index contributed by atoms with van der Waals surface area (Å²) in [7, 11) is 0. The third-order valence-corrected chi connectivity index (χ3v) is 4.97. The molecule has 2 aromatic rings. The molecular formula is C20H22ClNO3. The summed E-state index contributed by atoms with van der Waals surface area (Å²) in [4.78, 5) is 12.2. The largest absolute Gasteiger partial charge is 0.482 e. The zero-order chi connectivity index (χ0) is 17.5. The third kappa shape index (κ3) is 4.53. The second-order valence-electron chi connectivity index (χ2n) is 6.25. The minimum absolute atomic E-state index is 0.0505. The Labute approximate surface area is 153 Å². The summed E-state index contributed by atoms with van der Waals surface area (Å²) in [5.74, 6) is 0.366. The van der Waals surface area contributed by atoms with Crippen molar-refractivity contribution in [1.82, 2.24) is 5.32 Å². The first-order valence-corrected chi connectivity index (χ1v) is 8.85. The van der Waals surface area contributed by atoms with E-state index in [4.69, 9.17) is 21.1 Å². The molecule has 25 heavy (non-hydrogen) atoms. The normalized spacial score (nSPS) is 16.2. The predicted octanol–water partition coefficient (Wildman–Crippen LogP) is 3.58. The second kappa shape index (κ2) is 8.37. The van der Waals surface area contributed by atoms with Gasteiger partial charge in [-0.1, -0.05) is 54.1 Å². The summed E-state index contributed by atoms with van der Waals surface area (Å²) >= 11 is 6.04. The van der Waals surface area contributed by atoms with Gasteiger partial charge in [0, 0.05) is 25.2 Å². The van der Waals surface area contributed by atoms with Gasteiger partial charge in [0.25, 0.3) is 5.91 Å². The number of ether oxygens (including phenoxy) is 2. The van der Waals surface area contributed by atoms with Crippen LogP contribution in [0.4, 0.5) is 0 Å². The maximum Gasteiger partial charge on any atom is 0.257 e. The lowest BCUT2D eigenvalue weighted by molar-refractivity contribution is -0.123. The molecule has 1 fully saturated rings. The van der Waals surface area contributed by atoms with Crippen LogP contribution in [0.25, 0.3) is 0 Å². The Morgan fingerprint density at radius 3 is 2.48 bits per heavy atom. The van der Waals surface area contributed by atoms with Crippen molar-refractivity contribution in [1.29, 1.82) is 0 Å². The van der Waals surface area contributed by atoms with Gasteiger partial charge in [-0.3, -0.25) is 4.79 Å². The van der Waals surface area contributed by atoms with Crippen molar-refractivity contribution in [2.45, 2.75) is 18.3 Å². The van der Waals surface area contributed by atoms with Crippen LogP contribution in [0.1, 0.15) is 18.4 Å². The van der Waals surface area contributed by atoms with Crippen molar-refractivity contribution in [3.8, 4) is 5.75 Å². The number of benzene rings is 2. The highest BCUT2D eigenvalue weighted by Crippen LogP contribution is 2.34. The maximum atomic E-state index is 12.2. The number of hydrogen-bond donors (Lipinski definition) is 1. The first kappa shape index (κ1) is 17.8. The Morgan fingerprint density at radius 1 is 1.08 bits per heavy atom. The van der Waals surface area contributed by atoms with Gasteiger partial charge in [0.15, 0.2) is 6.61 Å². The van der Waals surface area contributed by atoms with E-state index in [9.17, 15) is 4.79 Å². The molecule has 1 aliphatic rings. The van der Waals surface area contributed by atoms with Crippen LogP contribution in [0.2, 0.25) is 5.02 Å². The summed E-state index contributed by atoms with van der Waals surface area (Å²) in [6.07, 6.45) is 1.78. The van der Waals surface area contributed by atoms with E-state index < -0.39 is 0 Å². The van der Waals surface area contributed by atoms with Crippen LogP contribution in [0.3, 0.4) is 0 Å². The Morgan fingerprint density at radius 2 is 1.76 bits per heavy atom. The van der Waals surface area contributed by atoms with Gasteiger partial charge in [-0.15, -0.1) is 0 Å². The molecule has 0 spiro atoms. The van der Waals surface area contributed by atoms with E-state index >= 15 is 0 Å². The standard InChI is InChI=1S/C20H22ClNO3/c21-17-8-4-5-9-18(17)25-14-19(23)22-15-20(10-12-24-13-11-20)16-6-2-1-3-7-16/h1-9H,10-15H2,(H,22,23). The number of carbonyl (C=O) groups is 1. The lowest BCUT2D eigenvalue weighted by Crippen LogP contribution is -2.45. The molecule has 2 aromatic carbocycles. The Kier molecular flexibility index (Phi) is 5.95. The molecule has 1 aliphatic heterocycles. The zero-order valence-electron chi connectivity index (χ0n) is 14.0. The highest BCUT2D eigenvalue weighted by atomic mass is 35.5. The molecule has 4 nitrogen and oxygen atoms in total. The van der Waals surface area contributed by atoms with Crippen LogP contribution in [0, 0.1) is 0 Å². The molecule has 1 heterocycles. The number of hydrogen-bond acceptors (Lipinski definition) is 3. The SMILES string of the molecule is O=C(COc1ccccc1Cl)NCC1(c2ccccc2)CCOCC1. The summed E-state index contributed by atoms with van der Waals surface area (Å²) < 4.78 is 11.0. The Bertz CT molecular complexity index is 699. The summed E-state index contributed by atoms with van der Waals surface area (Å²) in [6.45, 7) is 1.94. The van der Waals surface area contributed by atoms with Gasteiger partial charge in [0.2, 0.25) is 0 Å². The quantitative estimate of drug-likeness (QED) is 0.857. The van der Waals surface area contributed by atoms with Gasteiger partial charge in [-0.25, -0.2) is 0 Å². The minimum Gasteiger partial charge on any atom is -0.482 e. The van der Waals surface area contributed by atoms with Gasteiger partial charge in [0.1, 0.15) is 5.75 Å². The molecular weight excluding hydrogens is 338 g/mol. The molecule has 3 rings (SSSR count). The maximum absolute atomic E-state index is 12.2. The van der Waals surface area contributed by atoms with E-state index in [0.717, 1.165) is 12.8 Å². The molecule has 0 bridgehead atoms. The highest BCUT2D eigenvalue weighted by Gasteiger charge is 2.34. The van der Waals surface area contributed by atoms with Gasteiger partial charge >= 0.3 is 0 Å². The fraction of sp³-hybridized carbons (Fsp3) is 0.350. The number of carbonyl (C=O) groups excluding carboxylic acids is 1. The van der Waals surface area contributed by atoms with Gasteiger partial charge < -0.3 is 14.8 Å². The van der Waals surface area contributed by atoms with Crippen molar-refractivity contribution in [3.63, 3.8) is 0 Å². The Balaban J connectivity index is 1.59. The number of rotatable bonds is 6. The molecule has 132 valence electrons. The molecule has 0 atom stereocenters. The summed E-state index contributed by atoms with van der Waals surface area (Å²) in [5, 5.41) is 3.52. The van der Waals surface area contributed by atoms with Gasteiger partial charge in [-0.05, 0) is 30.5 Å². The van der Waals surface area contributed by atoms with Gasteiger partial charge in [0.05, 0.1) is 5.02 Å². The molecule has 0 unspecified atom stereocenters. The monoisotopic (exact) mass is 359 g/mol. The summed E-state index contributed by atoms with van der Waals surface area (Å²) in [6, 6.07) is 17.5. The van der Waals surface area contributed by atoms with Crippen molar-refractivity contribution in [3.05, 3.63) is 65.2 Å². The summed E-state index contributed by atoms with van der Waals surface area (Å²) in [5.41, 5.74) is 1.16. The number of halogens is 1. The van der Waals surface area contributed by atoms with Crippen molar-refractivity contribution >= 4 is 17.5 Å². The topological polar surface area (TPSA) is 47.6 Å². The lowest BCUT2D eigenvalue weighted by atomic mass is 9.74. The molecule has 0 saturated carbocycles. The van der Waals surface area contributed by atoms with E-state index in [0.29, 0.717) is 30.5 Å². The predicted molar refractivity (Wildman–Crippen MR) is 98.1 cm³/mol. The fourth-order valence-electron chi connectivity index (χ4n) is 3.15. The van der Waals surface area contributed by atoms with Crippen LogP contribution >= 0.6 is 11.6 Å². The Hall–Kier alpha value is -2.04. The van der Waals surface area contributed by atoms with E-state index in [2.05, 4.69) is 17.4 Å². The zero-order valence-corrected chi connectivity index (χ0v) is 14.8. The first-order chi connectivity index (χ1) is 12.2. The van der Waals surface area contributed by atoms with Crippen LogP contribution < -0.4 is 10.1 Å². The molecule has 0 aliphatic carbocycles. The third-order valence-electron chi connectivity index (χ3n) is 4.66. The van der Waals surface area contributed by atoms with Crippen molar-refractivity contribution in [2.75, 3.05) is 26.4 Å². The highest BCUT2D eigenvalue weighted by molar-refractivity contribution is 6.32. The van der Waals surface area contributed by atoms with Crippen LogP contribution in [0.5, 0.6) is 5.75 Å². The minimum atomic E-state index is -0.151. The smallest absolute Gasteiger partial charge is 0.257 e. The van der Waals surface area contributed by atoms with Crippen LogP contribution in [0.15, 0.2) is 54.6 Å². The van der Waals surface area contributed by atoms with E-state index in [1.54, 1.807) is 12.1 Å². The van der Waals surface area contributed by atoms with Gasteiger partial charge in [-0.2, -0.15) is 0 Å². The first-order valence-electron chi connectivity index (χ1n) is 8.47. The van der Waals surface area contributed by atoms with E-state index in [-0.39, 0.29) is 17.9 Å². The van der Waals surface area contributed by atoms with Crippen molar-refractivity contribution < 1.29 is 14.3 Å². The average Bonchev–Trinajstić information content (AvgIpc) is 2.67. The average molecular weight is 360 g/mol. The molecule has 0 radical (unpaired) electrons. The second-order valence-corrected chi connectivity index (χ2v) is 6.66. The van der Waals surface area contributed by atoms with Crippen LogP contribution in [-0.4, -0.2) is 32.3 Å².